The van der Waals surface area contributed by atoms with Crippen molar-refractivity contribution >= 4 is 40.1 Å². The van der Waals surface area contributed by atoms with E-state index in [2.05, 4.69) is 0 Å². The molecule has 8 heteroatoms. The molecule has 6 nitrogen and oxygen atoms in total. The molecule has 0 unspecified atom stereocenters. The van der Waals surface area contributed by atoms with Crippen molar-refractivity contribution in [2.75, 3.05) is 6.61 Å². The molecular formula is C23H16Cl2O6. The van der Waals surface area contributed by atoms with Gasteiger partial charge in [-0.25, -0.2) is 0 Å². The van der Waals surface area contributed by atoms with E-state index in [0.29, 0.717) is 44.7 Å². The van der Waals surface area contributed by atoms with E-state index in [9.17, 15) is 9.59 Å². The van der Waals surface area contributed by atoms with Gasteiger partial charge in [-0.2, -0.15) is 0 Å². The monoisotopic (exact) mass is 458 g/mol. The van der Waals surface area contributed by atoms with Crippen LogP contribution in [0.15, 0.2) is 74.5 Å². The summed E-state index contributed by atoms with van der Waals surface area (Å²) >= 11 is 11.9. The van der Waals surface area contributed by atoms with Crippen LogP contribution in [0.4, 0.5) is 0 Å². The Labute approximate surface area is 186 Å². The van der Waals surface area contributed by atoms with Crippen molar-refractivity contribution in [3.63, 3.8) is 0 Å². The Morgan fingerprint density at radius 3 is 2.65 bits per heavy atom. The van der Waals surface area contributed by atoms with Crippen LogP contribution in [0.1, 0.15) is 12.8 Å². The van der Waals surface area contributed by atoms with Gasteiger partial charge in [0, 0.05) is 17.5 Å². The van der Waals surface area contributed by atoms with Gasteiger partial charge in [0.1, 0.15) is 17.1 Å². The molecule has 0 fully saturated rings. The molecule has 0 saturated carbocycles. The van der Waals surface area contributed by atoms with Gasteiger partial charge in [-0.1, -0.05) is 23.2 Å². The smallest absolute Gasteiger partial charge is 0.311 e. The van der Waals surface area contributed by atoms with Crippen LogP contribution in [0, 0.1) is 0 Å². The average Bonchev–Trinajstić information content (AvgIpc) is 3.28. The predicted molar refractivity (Wildman–Crippen MR) is 117 cm³/mol. The number of carbonyl (C=O) groups excluding carboxylic acids is 1. The molecule has 0 N–H and O–H groups in total. The molecule has 0 aliphatic heterocycles. The van der Waals surface area contributed by atoms with Gasteiger partial charge in [0.25, 0.3) is 0 Å². The first-order valence-corrected chi connectivity index (χ1v) is 10.2. The predicted octanol–water partition coefficient (Wildman–Crippen LogP) is 6.12. The number of fused-ring (bicyclic) bond motifs is 1. The second-order valence-electron chi connectivity index (χ2n) is 6.61. The van der Waals surface area contributed by atoms with Crippen LogP contribution in [-0.2, 0) is 4.79 Å². The maximum Gasteiger partial charge on any atom is 0.311 e. The highest BCUT2D eigenvalue weighted by atomic mass is 35.5. The minimum atomic E-state index is -0.443. The lowest BCUT2D eigenvalue weighted by molar-refractivity contribution is -0.134. The number of hydrogen-bond donors (Lipinski definition) is 0. The molecule has 0 aliphatic rings. The fourth-order valence-corrected chi connectivity index (χ4v) is 3.38. The normalized spacial score (nSPS) is 10.9. The Kier molecular flexibility index (Phi) is 6.30. The van der Waals surface area contributed by atoms with Crippen molar-refractivity contribution in [2.45, 2.75) is 12.8 Å². The summed E-state index contributed by atoms with van der Waals surface area (Å²) in [5.74, 6) is 1.10. The van der Waals surface area contributed by atoms with E-state index < -0.39 is 5.97 Å². The van der Waals surface area contributed by atoms with E-state index in [1.165, 1.54) is 18.4 Å². The molecule has 2 aromatic heterocycles. The fraction of sp³-hybridized carbons (Fsp3) is 0.130. The molecule has 31 heavy (non-hydrogen) atoms. The van der Waals surface area contributed by atoms with Gasteiger partial charge in [0.2, 0.25) is 0 Å². The lowest BCUT2D eigenvalue weighted by Gasteiger charge is -2.08. The third kappa shape index (κ3) is 5.10. The summed E-state index contributed by atoms with van der Waals surface area (Å²) in [5.41, 5.74) is 0.103. The van der Waals surface area contributed by atoms with E-state index >= 15 is 0 Å². The van der Waals surface area contributed by atoms with Gasteiger partial charge in [0.05, 0.1) is 23.3 Å². The fourth-order valence-electron chi connectivity index (χ4n) is 2.91. The third-order valence-corrected chi connectivity index (χ3v) is 4.90. The van der Waals surface area contributed by atoms with Crippen LogP contribution in [-0.4, -0.2) is 12.6 Å². The number of ether oxygens (including phenoxy) is 2. The number of furan rings is 1. The van der Waals surface area contributed by atoms with Gasteiger partial charge in [0.15, 0.2) is 16.9 Å². The highest BCUT2D eigenvalue weighted by Gasteiger charge is 2.12. The highest BCUT2D eigenvalue weighted by molar-refractivity contribution is 6.35. The number of halogens is 2. The molecule has 2 heterocycles. The summed E-state index contributed by atoms with van der Waals surface area (Å²) in [7, 11) is 0. The van der Waals surface area contributed by atoms with Crippen LogP contribution >= 0.6 is 23.2 Å². The minimum absolute atomic E-state index is 0.134. The third-order valence-electron chi connectivity index (χ3n) is 4.37. The van der Waals surface area contributed by atoms with Gasteiger partial charge in [-0.05, 0) is 55.0 Å². The van der Waals surface area contributed by atoms with Crippen LogP contribution < -0.4 is 14.9 Å². The van der Waals surface area contributed by atoms with E-state index in [0.717, 1.165) is 0 Å². The van der Waals surface area contributed by atoms with Crippen LogP contribution in [0.2, 0.25) is 10.0 Å². The lowest BCUT2D eigenvalue weighted by atomic mass is 10.2. The maximum atomic E-state index is 12.4. The van der Waals surface area contributed by atoms with Gasteiger partial charge >= 0.3 is 5.97 Å². The second-order valence-corrected chi connectivity index (χ2v) is 7.45. The largest absolute Gasteiger partial charge is 0.492 e. The van der Waals surface area contributed by atoms with Crippen molar-refractivity contribution < 1.29 is 23.1 Å². The summed E-state index contributed by atoms with van der Waals surface area (Å²) in [5, 5.41) is 1.23. The molecule has 0 atom stereocenters. The first kappa shape index (κ1) is 21.0. The van der Waals surface area contributed by atoms with Crippen molar-refractivity contribution in [1.82, 2.24) is 0 Å². The number of rotatable bonds is 7. The van der Waals surface area contributed by atoms with Gasteiger partial charge < -0.3 is 18.3 Å². The van der Waals surface area contributed by atoms with Gasteiger partial charge in [-0.15, -0.1) is 0 Å². The Morgan fingerprint density at radius 2 is 1.87 bits per heavy atom. The Balaban J connectivity index is 1.35. The number of hydrogen-bond acceptors (Lipinski definition) is 6. The number of carbonyl (C=O) groups is 1. The molecule has 0 amide bonds. The van der Waals surface area contributed by atoms with E-state index in [1.54, 1.807) is 42.5 Å². The zero-order chi connectivity index (χ0) is 21.8. The zero-order valence-corrected chi connectivity index (χ0v) is 17.6. The first-order valence-electron chi connectivity index (χ1n) is 9.40. The van der Waals surface area contributed by atoms with Crippen LogP contribution in [0.3, 0.4) is 0 Å². The molecule has 158 valence electrons. The van der Waals surface area contributed by atoms with Crippen molar-refractivity contribution in [3.05, 3.63) is 81.1 Å². The second kappa shape index (κ2) is 9.29. The summed E-state index contributed by atoms with van der Waals surface area (Å²) in [6.45, 7) is 0.285. The Hall–Kier alpha value is -3.22. The lowest BCUT2D eigenvalue weighted by Crippen LogP contribution is -2.10. The standard InChI is InChI=1S/C23H16Cl2O6/c24-14-5-7-20(17(25)11-14)28-10-2-4-23(27)30-15-6-8-19-16(12-15)18(26)13-22(31-19)21-3-1-9-29-21/h1,3,5-9,11-13H,2,4,10H2. The summed E-state index contributed by atoms with van der Waals surface area (Å²) in [4.78, 5) is 24.6. The highest BCUT2D eigenvalue weighted by Crippen LogP contribution is 2.28. The van der Waals surface area contributed by atoms with Crippen LogP contribution in [0.25, 0.3) is 22.5 Å². The zero-order valence-electron chi connectivity index (χ0n) is 16.1. The molecule has 0 radical (unpaired) electrons. The number of benzene rings is 2. The number of esters is 1. The van der Waals surface area contributed by atoms with Crippen molar-refractivity contribution in [3.8, 4) is 23.0 Å². The molecule has 4 aromatic rings. The quantitative estimate of drug-likeness (QED) is 0.188. The topological polar surface area (TPSA) is 78.9 Å². The van der Waals surface area contributed by atoms with E-state index in [1.807, 2.05) is 0 Å². The minimum Gasteiger partial charge on any atom is -0.492 e. The summed E-state index contributed by atoms with van der Waals surface area (Å²) in [6, 6.07) is 14.3. The molecular weight excluding hydrogens is 443 g/mol. The van der Waals surface area contributed by atoms with Crippen molar-refractivity contribution in [2.24, 2.45) is 0 Å². The van der Waals surface area contributed by atoms with E-state index in [4.69, 9.17) is 41.5 Å². The Morgan fingerprint density at radius 1 is 1.00 bits per heavy atom. The first-order chi connectivity index (χ1) is 15.0. The molecule has 0 spiro atoms. The molecule has 0 bridgehead atoms. The average molecular weight is 459 g/mol. The molecule has 2 aromatic carbocycles. The van der Waals surface area contributed by atoms with Gasteiger partial charge in [-0.3, -0.25) is 9.59 Å². The molecule has 0 saturated heterocycles. The summed E-state index contributed by atoms with van der Waals surface area (Å²) < 4.78 is 21.9. The Bertz CT molecular complexity index is 1280. The molecule has 0 aliphatic carbocycles. The van der Waals surface area contributed by atoms with E-state index in [-0.39, 0.29) is 24.2 Å². The van der Waals surface area contributed by atoms with Crippen molar-refractivity contribution in [1.29, 1.82) is 0 Å². The molecule has 4 rings (SSSR count). The summed E-state index contributed by atoms with van der Waals surface area (Å²) in [6.07, 6.45) is 2.06. The maximum absolute atomic E-state index is 12.4. The SMILES string of the molecule is O=C(CCCOc1ccc(Cl)cc1Cl)Oc1ccc2oc(-c3ccco3)cc(=O)c2c1. The van der Waals surface area contributed by atoms with Crippen LogP contribution in [0.5, 0.6) is 11.5 Å².